The average Bonchev–Trinajstić information content (AvgIpc) is 2.82. The maximum absolute atomic E-state index is 13.4. The number of esters is 1. The predicted molar refractivity (Wildman–Crippen MR) is 145 cm³/mol. The first-order valence-corrected chi connectivity index (χ1v) is 14.1. The van der Waals surface area contributed by atoms with Crippen molar-refractivity contribution in [2.45, 2.75) is 124 Å². The number of carbonyl (C=O) groups excluding carboxylic acids is 1. The van der Waals surface area contributed by atoms with E-state index in [0.717, 1.165) is 19.4 Å². The van der Waals surface area contributed by atoms with Crippen LogP contribution in [0.3, 0.4) is 0 Å². The molecule has 4 N–H and O–H groups in total. The molecule has 37 heavy (non-hydrogen) atoms. The lowest BCUT2D eigenvalue weighted by molar-refractivity contribution is -0.224. The fourth-order valence-electron chi connectivity index (χ4n) is 5.40. The molecule has 1 aliphatic heterocycles. The molecule has 220 valence electrons. The number of carbonyl (C=O) groups is 1. The van der Waals surface area contributed by atoms with Crippen LogP contribution in [-0.2, 0) is 19.0 Å². The van der Waals surface area contributed by atoms with Gasteiger partial charge in [-0.1, -0.05) is 27.7 Å². The molecule has 1 aliphatic rings. The lowest BCUT2D eigenvalue weighted by Crippen LogP contribution is -2.51. The van der Waals surface area contributed by atoms with Gasteiger partial charge in [0.2, 0.25) is 0 Å². The van der Waals surface area contributed by atoms with Gasteiger partial charge in [0.05, 0.1) is 30.3 Å². The lowest BCUT2D eigenvalue weighted by atomic mass is 9.83. The van der Waals surface area contributed by atoms with Crippen molar-refractivity contribution >= 4 is 5.97 Å². The van der Waals surface area contributed by atoms with Gasteiger partial charge in [0, 0.05) is 19.1 Å². The van der Waals surface area contributed by atoms with Crippen LogP contribution in [0.15, 0.2) is 0 Å². The van der Waals surface area contributed by atoms with Crippen molar-refractivity contribution in [2.24, 2.45) is 23.7 Å². The first-order valence-electron chi connectivity index (χ1n) is 14.1. The van der Waals surface area contributed by atoms with Crippen molar-refractivity contribution in [3.05, 3.63) is 0 Å². The minimum Gasteiger partial charge on any atom is -0.459 e. The molecule has 0 aliphatic carbocycles. The van der Waals surface area contributed by atoms with Crippen molar-refractivity contribution < 1.29 is 34.3 Å². The first-order chi connectivity index (χ1) is 17.2. The van der Waals surface area contributed by atoms with Gasteiger partial charge in [0.25, 0.3) is 0 Å². The van der Waals surface area contributed by atoms with Crippen LogP contribution >= 0.6 is 0 Å². The van der Waals surface area contributed by atoms with Gasteiger partial charge in [-0.3, -0.25) is 4.79 Å². The second-order valence-corrected chi connectivity index (χ2v) is 11.7. The maximum atomic E-state index is 13.4. The molecule has 0 saturated carbocycles. The third-order valence-corrected chi connectivity index (χ3v) is 7.92. The molecule has 0 radical (unpaired) electrons. The Kier molecular flexibility index (Phi) is 15.1. The van der Waals surface area contributed by atoms with E-state index in [1.807, 2.05) is 20.9 Å². The summed E-state index contributed by atoms with van der Waals surface area (Å²) in [6, 6.07) is -0.298. The summed E-state index contributed by atoms with van der Waals surface area (Å²) in [6.07, 6.45) is -3.18. The van der Waals surface area contributed by atoms with E-state index in [1.54, 1.807) is 27.8 Å². The van der Waals surface area contributed by atoms with Gasteiger partial charge in [-0.2, -0.15) is 0 Å². The molecule has 0 aromatic carbocycles. The number of nitrogens with zero attached hydrogens (tertiary/aromatic N) is 1. The highest BCUT2D eigenvalue weighted by atomic mass is 16.7. The van der Waals surface area contributed by atoms with Crippen molar-refractivity contribution in [1.82, 2.24) is 10.2 Å². The second-order valence-electron chi connectivity index (χ2n) is 11.7. The Hall–Kier alpha value is -0.810. The van der Waals surface area contributed by atoms with E-state index in [2.05, 4.69) is 31.0 Å². The summed E-state index contributed by atoms with van der Waals surface area (Å²) < 4.78 is 18.2. The Morgan fingerprint density at radius 2 is 1.70 bits per heavy atom. The Morgan fingerprint density at radius 3 is 2.24 bits per heavy atom. The number of hydrogen-bond acceptors (Lipinski definition) is 9. The van der Waals surface area contributed by atoms with Gasteiger partial charge in [-0.15, -0.1) is 0 Å². The number of aliphatic hydroxyl groups excluding tert-OH is 3. The quantitative estimate of drug-likeness (QED) is 0.276. The molecule has 1 rings (SSSR count). The molecular weight excluding hydrogens is 476 g/mol. The summed E-state index contributed by atoms with van der Waals surface area (Å²) in [6.45, 7) is 16.6. The van der Waals surface area contributed by atoms with Crippen molar-refractivity contribution in [3.8, 4) is 0 Å². The number of ether oxygens (including phenoxy) is 3. The summed E-state index contributed by atoms with van der Waals surface area (Å²) >= 11 is 0. The average molecular weight is 533 g/mol. The molecule has 0 aromatic rings. The van der Waals surface area contributed by atoms with Gasteiger partial charge in [-0.05, 0) is 78.8 Å². The highest BCUT2D eigenvalue weighted by molar-refractivity contribution is 5.73. The predicted octanol–water partition coefficient (Wildman–Crippen LogP) is 2.41. The van der Waals surface area contributed by atoms with Crippen LogP contribution in [0.2, 0.25) is 0 Å². The molecule has 9 heteroatoms. The highest BCUT2D eigenvalue weighted by Gasteiger charge is 2.39. The fourth-order valence-corrected chi connectivity index (χ4v) is 5.40. The number of cyclic esters (lactones) is 1. The summed E-state index contributed by atoms with van der Waals surface area (Å²) in [7, 11) is 3.75. The number of hydrogen-bond donors (Lipinski definition) is 4. The van der Waals surface area contributed by atoms with E-state index < -0.39 is 54.8 Å². The van der Waals surface area contributed by atoms with Crippen molar-refractivity contribution in [3.63, 3.8) is 0 Å². The minimum atomic E-state index is -1.21. The Morgan fingerprint density at radius 1 is 1.08 bits per heavy atom. The molecule has 1 fully saturated rings. The Labute approximate surface area is 225 Å². The highest BCUT2D eigenvalue weighted by Crippen LogP contribution is 2.30. The number of rotatable bonds is 8. The van der Waals surface area contributed by atoms with Crippen LogP contribution in [-0.4, -0.2) is 102 Å². The number of nitrogens with one attached hydrogen (secondary N) is 1. The van der Waals surface area contributed by atoms with E-state index in [-0.39, 0.29) is 12.0 Å². The monoisotopic (exact) mass is 532 g/mol. The van der Waals surface area contributed by atoms with Gasteiger partial charge >= 0.3 is 5.97 Å². The third-order valence-electron chi connectivity index (χ3n) is 7.92. The molecule has 0 spiro atoms. The van der Waals surface area contributed by atoms with Gasteiger partial charge in [0.15, 0.2) is 6.29 Å². The van der Waals surface area contributed by atoms with Crippen LogP contribution in [0.25, 0.3) is 0 Å². The van der Waals surface area contributed by atoms with Crippen molar-refractivity contribution in [2.75, 3.05) is 27.2 Å². The van der Waals surface area contributed by atoms with Crippen molar-refractivity contribution in [1.29, 1.82) is 0 Å². The smallest absolute Gasteiger partial charge is 0.311 e. The number of aliphatic hydroxyl groups is 3. The SMILES string of the molecule is CCC1OC(=O)C(C)C(O[C@@H](CNC)OC(C)[C@@H](C)O)C(C)CC(C)CC(C)CN(C)[C@H](C)[C@@H](O)C1O. The summed E-state index contributed by atoms with van der Waals surface area (Å²) in [5.74, 6) is -0.321. The lowest BCUT2D eigenvalue weighted by Gasteiger charge is -2.36. The first kappa shape index (κ1) is 34.2. The second kappa shape index (κ2) is 16.3. The molecule has 0 amide bonds. The van der Waals surface area contributed by atoms with E-state index in [4.69, 9.17) is 14.2 Å². The maximum Gasteiger partial charge on any atom is 0.311 e. The molecule has 1 saturated heterocycles. The zero-order valence-electron chi connectivity index (χ0n) is 24.9. The van der Waals surface area contributed by atoms with Crippen LogP contribution in [0.1, 0.15) is 74.7 Å². The van der Waals surface area contributed by atoms with E-state index in [0.29, 0.717) is 24.8 Å². The van der Waals surface area contributed by atoms with Gasteiger partial charge in [-0.25, -0.2) is 0 Å². The Balaban J connectivity index is 3.31. The summed E-state index contributed by atoms with van der Waals surface area (Å²) in [5.41, 5.74) is 0. The topological polar surface area (TPSA) is 121 Å². The summed E-state index contributed by atoms with van der Waals surface area (Å²) in [5, 5.41) is 34.9. The van der Waals surface area contributed by atoms with Crippen LogP contribution in [0.4, 0.5) is 0 Å². The molecule has 9 nitrogen and oxygen atoms in total. The van der Waals surface area contributed by atoms with Crippen LogP contribution < -0.4 is 5.32 Å². The largest absolute Gasteiger partial charge is 0.459 e. The summed E-state index contributed by atoms with van der Waals surface area (Å²) in [4.78, 5) is 15.4. The van der Waals surface area contributed by atoms with E-state index >= 15 is 0 Å². The minimum absolute atomic E-state index is 0.0203. The van der Waals surface area contributed by atoms with E-state index in [1.165, 1.54) is 0 Å². The Bertz CT molecular complexity index is 652. The van der Waals surface area contributed by atoms with Crippen LogP contribution in [0.5, 0.6) is 0 Å². The van der Waals surface area contributed by atoms with E-state index in [9.17, 15) is 20.1 Å². The zero-order chi connectivity index (χ0) is 28.4. The number of likely N-dealkylation sites (N-methyl/N-ethyl adjacent to an activating group) is 2. The molecular formula is C28H56N2O7. The van der Waals surface area contributed by atoms with Gasteiger partial charge < -0.3 is 39.7 Å². The standard InChI is InChI=1S/C28H56N2O7/c1-11-23-26(33)25(32)20(6)30(10)15-17(3)12-16(2)13-18(4)27(19(5)28(34)36-23)37-24(14-29-9)35-22(8)21(7)31/h16-27,29,31-33H,11-15H2,1-10H3/t16?,17?,18?,19?,20-,21-,22?,23?,24+,25-,26?,27?/m1/s1. The molecule has 0 bridgehead atoms. The van der Waals surface area contributed by atoms with Crippen LogP contribution in [0, 0.1) is 23.7 Å². The molecule has 1 heterocycles. The normalized spacial score (nSPS) is 38.2. The molecule has 0 aromatic heterocycles. The van der Waals surface area contributed by atoms with Gasteiger partial charge in [0.1, 0.15) is 12.2 Å². The third kappa shape index (κ3) is 10.7. The molecule has 8 unspecified atom stereocenters. The molecule has 12 atom stereocenters. The zero-order valence-corrected chi connectivity index (χ0v) is 24.9. The fraction of sp³-hybridized carbons (Fsp3) is 0.964.